The number of hydrogen-bond donors (Lipinski definition) is 0. The smallest absolute Gasteiger partial charge is 0.227 e. The zero-order valence-corrected chi connectivity index (χ0v) is 14.2. The number of methoxy groups -OCH3 is 1. The lowest BCUT2D eigenvalue weighted by Crippen LogP contribution is -2.27. The van der Waals surface area contributed by atoms with Crippen molar-refractivity contribution in [2.45, 2.75) is 13.0 Å². The van der Waals surface area contributed by atoms with E-state index < -0.39 is 0 Å². The standard InChI is InChI=1S/C20H18N2O3/c1-22(12-15-5-3-14(11-21)4-6-15)20(23)9-16-13-25-19-10-17(24-2)7-8-18(16)19/h3-8,10,13H,9,12H2,1-2H3. The van der Waals surface area contributed by atoms with Crippen LogP contribution in [-0.4, -0.2) is 25.0 Å². The van der Waals surface area contributed by atoms with Crippen LogP contribution in [0.3, 0.4) is 0 Å². The molecular weight excluding hydrogens is 316 g/mol. The summed E-state index contributed by atoms with van der Waals surface area (Å²) in [6.07, 6.45) is 1.89. The van der Waals surface area contributed by atoms with E-state index in [0.29, 0.717) is 17.7 Å². The number of carbonyl (C=O) groups excluding carboxylic acids is 1. The summed E-state index contributed by atoms with van der Waals surface area (Å²) in [5, 5.41) is 9.75. The zero-order chi connectivity index (χ0) is 17.8. The molecule has 3 aromatic rings. The third-order valence-electron chi connectivity index (χ3n) is 4.13. The zero-order valence-electron chi connectivity index (χ0n) is 14.2. The van der Waals surface area contributed by atoms with Gasteiger partial charge in [0.05, 0.1) is 31.4 Å². The van der Waals surface area contributed by atoms with Crippen molar-refractivity contribution >= 4 is 16.9 Å². The quantitative estimate of drug-likeness (QED) is 0.716. The Balaban J connectivity index is 1.69. The van der Waals surface area contributed by atoms with Crippen molar-refractivity contribution in [2.24, 2.45) is 0 Å². The van der Waals surface area contributed by atoms with Crippen LogP contribution in [0.1, 0.15) is 16.7 Å². The molecule has 3 rings (SSSR count). The third-order valence-corrected chi connectivity index (χ3v) is 4.13. The number of furan rings is 1. The van der Waals surface area contributed by atoms with Gasteiger partial charge >= 0.3 is 0 Å². The molecule has 126 valence electrons. The molecule has 0 radical (unpaired) electrons. The molecule has 0 N–H and O–H groups in total. The van der Waals surface area contributed by atoms with Gasteiger partial charge in [-0.3, -0.25) is 4.79 Å². The lowest BCUT2D eigenvalue weighted by molar-refractivity contribution is -0.129. The second kappa shape index (κ2) is 7.10. The van der Waals surface area contributed by atoms with Crippen LogP contribution in [0.25, 0.3) is 11.0 Å². The van der Waals surface area contributed by atoms with Crippen LogP contribution in [-0.2, 0) is 17.8 Å². The first kappa shape index (κ1) is 16.6. The largest absolute Gasteiger partial charge is 0.497 e. The molecule has 0 bridgehead atoms. The Kier molecular flexibility index (Phi) is 4.71. The van der Waals surface area contributed by atoms with E-state index >= 15 is 0 Å². The van der Waals surface area contributed by atoms with E-state index in [-0.39, 0.29) is 12.3 Å². The second-order valence-electron chi connectivity index (χ2n) is 5.86. The molecule has 0 saturated heterocycles. The fraction of sp³-hybridized carbons (Fsp3) is 0.200. The molecule has 0 fully saturated rings. The summed E-state index contributed by atoms with van der Waals surface area (Å²) < 4.78 is 10.7. The van der Waals surface area contributed by atoms with E-state index in [0.717, 1.165) is 22.3 Å². The maximum Gasteiger partial charge on any atom is 0.227 e. The molecule has 0 aliphatic heterocycles. The summed E-state index contributed by atoms with van der Waals surface area (Å²) in [7, 11) is 3.37. The molecule has 0 spiro atoms. The highest BCUT2D eigenvalue weighted by molar-refractivity contribution is 5.88. The van der Waals surface area contributed by atoms with Gasteiger partial charge in [-0.05, 0) is 29.8 Å². The molecule has 0 atom stereocenters. The van der Waals surface area contributed by atoms with Crippen LogP contribution < -0.4 is 4.74 Å². The molecule has 5 heteroatoms. The Morgan fingerprint density at radius 1 is 1.24 bits per heavy atom. The third kappa shape index (κ3) is 3.64. The van der Waals surface area contributed by atoms with Crippen molar-refractivity contribution in [1.82, 2.24) is 4.90 Å². The van der Waals surface area contributed by atoms with Gasteiger partial charge in [0, 0.05) is 30.6 Å². The van der Waals surface area contributed by atoms with Gasteiger partial charge in [0.1, 0.15) is 11.3 Å². The van der Waals surface area contributed by atoms with E-state index in [1.165, 1.54) is 0 Å². The van der Waals surface area contributed by atoms with Gasteiger partial charge in [0.15, 0.2) is 0 Å². The molecule has 0 unspecified atom stereocenters. The molecular formula is C20H18N2O3. The molecule has 25 heavy (non-hydrogen) atoms. The summed E-state index contributed by atoms with van der Waals surface area (Å²) in [5.74, 6) is 0.723. The highest BCUT2D eigenvalue weighted by Gasteiger charge is 2.14. The van der Waals surface area contributed by atoms with Gasteiger partial charge in [-0.15, -0.1) is 0 Å². The van der Waals surface area contributed by atoms with Crippen LogP contribution >= 0.6 is 0 Å². The van der Waals surface area contributed by atoms with Gasteiger partial charge in [-0.1, -0.05) is 12.1 Å². The number of carbonyl (C=O) groups is 1. The van der Waals surface area contributed by atoms with Crippen LogP contribution in [0.4, 0.5) is 0 Å². The van der Waals surface area contributed by atoms with E-state index in [1.54, 1.807) is 37.5 Å². The van der Waals surface area contributed by atoms with Crippen LogP contribution in [0.15, 0.2) is 53.1 Å². The van der Waals surface area contributed by atoms with Gasteiger partial charge in [-0.25, -0.2) is 0 Å². The van der Waals surface area contributed by atoms with Gasteiger partial charge in [-0.2, -0.15) is 5.26 Å². The van der Waals surface area contributed by atoms with Crippen molar-refractivity contribution in [2.75, 3.05) is 14.2 Å². The summed E-state index contributed by atoms with van der Waals surface area (Å²) in [5.41, 5.74) is 3.15. The number of fused-ring (bicyclic) bond motifs is 1. The first-order chi connectivity index (χ1) is 12.1. The van der Waals surface area contributed by atoms with Gasteiger partial charge in [0.25, 0.3) is 0 Å². The average molecular weight is 334 g/mol. The number of amides is 1. The molecule has 0 aliphatic carbocycles. The summed E-state index contributed by atoms with van der Waals surface area (Å²) in [6.45, 7) is 0.494. The summed E-state index contributed by atoms with van der Waals surface area (Å²) in [6, 6.07) is 14.9. The number of likely N-dealkylation sites (N-methyl/N-ethyl adjacent to an activating group) is 1. The SMILES string of the molecule is COc1ccc2c(CC(=O)N(C)Cc3ccc(C#N)cc3)coc2c1. The van der Waals surface area contributed by atoms with Gasteiger partial charge < -0.3 is 14.1 Å². The Morgan fingerprint density at radius 2 is 2.00 bits per heavy atom. The number of nitrogens with zero attached hydrogens (tertiary/aromatic N) is 2. The van der Waals surface area contributed by atoms with Crippen molar-refractivity contribution in [1.29, 1.82) is 5.26 Å². The fourth-order valence-corrected chi connectivity index (χ4v) is 2.67. The van der Waals surface area contributed by atoms with Crippen LogP contribution in [0.5, 0.6) is 5.75 Å². The van der Waals surface area contributed by atoms with E-state index in [1.807, 2.05) is 30.3 Å². The van der Waals surface area contributed by atoms with Crippen molar-refractivity contribution < 1.29 is 13.9 Å². The first-order valence-corrected chi connectivity index (χ1v) is 7.88. The van der Waals surface area contributed by atoms with E-state index in [4.69, 9.17) is 14.4 Å². The van der Waals surface area contributed by atoms with Gasteiger partial charge in [0.2, 0.25) is 5.91 Å². The Morgan fingerprint density at radius 3 is 2.68 bits per heavy atom. The second-order valence-corrected chi connectivity index (χ2v) is 5.86. The monoisotopic (exact) mass is 334 g/mol. The van der Waals surface area contributed by atoms with E-state index in [9.17, 15) is 4.79 Å². The minimum atomic E-state index is 0.00266. The van der Waals surface area contributed by atoms with Crippen molar-refractivity contribution in [3.8, 4) is 11.8 Å². The Hall–Kier alpha value is -3.26. The number of rotatable bonds is 5. The summed E-state index contributed by atoms with van der Waals surface area (Å²) in [4.78, 5) is 14.2. The molecule has 5 nitrogen and oxygen atoms in total. The molecule has 0 aliphatic rings. The Labute approximate surface area is 146 Å². The number of nitriles is 1. The fourth-order valence-electron chi connectivity index (χ4n) is 2.67. The highest BCUT2D eigenvalue weighted by atomic mass is 16.5. The van der Waals surface area contributed by atoms with E-state index in [2.05, 4.69) is 6.07 Å². The number of benzene rings is 2. The molecule has 1 amide bonds. The normalized spacial score (nSPS) is 10.4. The molecule has 0 saturated carbocycles. The maximum atomic E-state index is 12.5. The molecule has 2 aromatic carbocycles. The van der Waals surface area contributed by atoms with Crippen LogP contribution in [0.2, 0.25) is 0 Å². The maximum absolute atomic E-state index is 12.5. The van der Waals surface area contributed by atoms with Crippen LogP contribution in [0, 0.1) is 11.3 Å². The first-order valence-electron chi connectivity index (χ1n) is 7.88. The average Bonchev–Trinajstić information content (AvgIpc) is 3.04. The predicted molar refractivity (Wildman–Crippen MR) is 94.1 cm³/mol. The molecule has 1 heterocycles. The van der Waals surface area contributed by atoms with Crippen molar-refractivity contribution in [3.05, 3.63) is 65.4 Å². The minimum absolute atomic E-state index is 0.00266. The lowest BCUT2D eigenvalue weighted by atomic mass is 10.1. The van der Waals surface area contributed by atoms with Crippen molar-refractivity contribution in [3.63, 3.8) is 0 Å². The highest BCUT2D eigenvalue weighted by Crippen LogP contribution is 2.26. The Bertz CT molecular complexity index is 936. The topological polar surface area (TPSA) is 66.5 Å². The summed E-state index contributed by atoms with van der Waals surface area (Å²) >= 11 is 0. The molecule has 1 aromatic heterocycles. The minimum Gasteiger partial charge on any atom is -0.497 e. The number of ether oxygens (including phenoxy) is 1. The predicted octanol–water partition coefficient (Wildman–Crippen LogP) is 3.51. The number of hydrogen-bond acceptors (Lipinski definition) is 4. The lowest BCUT2D eigenvalue weighted by Gasteiger charge is -2.17.